The summed E-state index contributed by atoms with van der Waals surface area (Å²) >= 11 is 6.14. The zero-order valence-corrected chi connectivity index (χ0v) is 20.9. The van der Waals surface area contributed by atoms with Crippen molar-refractivity contribution >= 4 is 33.2 Å². The number of amides is 1. The van der Waals surface area contributed by atoms with Crippen LogP contribution in [-0.4, -0.2) is 26.5 Å². The molecule has 0 aromatic heterocycles. The smallest absolute Gasteiger partial charge is 0.264 e. The van der Waals surface area contributed by atoms with Crippen LogP contribution < -0.4 is 14.4 Å². The first-order valence-electron chi connectivity index (χ1n) is 11.0. The van der Waals surface area contributed by atoms with Gasteiger partial charge < -0.3 is 10.1 Å². The molecule has 1 amide bonds. The second-order valence-corrected chi connectivity index (χ2v) is 11.3. The Morgan fingerprint density at radius 3 is 2.53 bits per heavy atom. The lowest BCUT2D eigenvalue weighted by atomic mass is 9.89. The molecular formula is C26H27ClN2O4S. The Kier molecular flexibility index (Phi) is 6.60. The number of rotatable bonds is 6. The minimum Gasteiger partial charge on any atom is -0.487 e. The Bertz CT molecular complexity index is 1310. The Balaban J connectivity index is 1.65. The van der Waals surface area contributed by atoms with E-state index in [2.05, 4.69) is 5.32 Å². The van der Waals surface area contributed by atoms with Gasteiger partial charge in [-0.3, -0.25) is 9.10 Å². The predicted octanol–water partition coefficient (Wildman–Crippen LogP) is 5.26. The number of sulfonamides is 1. The van der Waals surface area contributed by atoms with Crippen molar-refractivity contribution in [3.8, 4) is 5.75 Å². The first-order valence-corrected chi connectivity index (χ1v) is 12.8. The number of ether oxygens (including phenoxy) is 1. The quantitative estimate of drug-likeness (QED) is 0.503. The topological polar surface area (TPSA) is 75.7 Å². The van der Waals surface area contributed by atoms with Gasteiger partial charge in [0.2, 0.25) is 5.91 Å². The molecule has 0 bridgehead atoms. The molecule has 3 aromatic rings. The van der Waals surface area contributed by atoms with Gasteiger partial charge in [-0.2, -0.15) is 0 Å². The van der Waals surface area contributed by atoms with Crippen LogP contribution in [0, 0.1) is 6.92 Å². The highest BCUT2D eigenvalue weighted by Crippen LogP contribution is 2.40. The van der Waals surface area contributed by atoms with E-state index in [1.54, 1.807) is 36.4 Å². The molecular weight excluding hydrogens is 472 g/mol. The minimum absolute atomic E-state index is 0.0933. The number of fused-ring (bicyclic) bond motifs is 1. The number of anilines is 1. The number of carbonyl (C=O) groups is 1. The van der Waals surface area contributed by atoms with Crippen LogP contribution in [0.3, 0.4) is 0 Å². The van der Waals surface area contributed by atoms with Gasteiger partial charge >= 0.3 is 0 Å². The fraction of sp³-hybridized carbons (Fsp3) is 0.269. The van der Waals surface area contributed by atoms with Gasteiger partial charge in [-0.05, 0) is 62.7 Å². The molecule has 1 atom stereocenters. The maximum Gasteiger partial charge on any atom is 0.264 e. The number of benzene rings is 3. The molecule has 0 fully saturated rings. The molecule has 0 saturated carbocycles. The van der Waals surface area contributed by atoms with Crippen molar-refractivity contribution < 1.29 is 17.9 Å². The van der Waals surface area contributed by atoms with Crippen LogP contribution in [0.4, 0.5) is 5.69 Å². The summed E-state index contributed by atoms with van der Waals surface area (Å²) in [5.41, 5.74) is 1.76. The molecule has 0 spiro atoms. The van der Waals surface area contributed by atoms with Crippen molar-refractivity contribution in [2.75, 3.05) is 10.8 Å². The standard InChI is InChI=1S/C26H27ClN2O4S/c1-18-12-13-22-23(16-26(2,3)33-24(22)14-18)28-25(30)17-29(20-9-7-8-19(27)15-20)34(31,32)21-10-5-4-6-11-21/h4-15,23H,16-17H2,1-3H3,(H,28,30). The van der Waals surface area contributed by atoms with E-state index < -0.39 is 28.1 Å². The van der Waals surface area contributed by atoms with E-state index in [9.17, 15) is 13.2 Å². The third kappa shape index (κ3) is 5.21. The molecule has 0 aliphatic carbocycles. The molecule has 0 saturated heterocycles. The lowest BCUT2D eigenvalue weighted by molar-refractivity contribution is -0.120. The van der Waals surface area contributed by atoms with Crippen molar-refractivity contribution in [1.29, 1.82) is 0 Å². The number of aryl methyl sites for hydroxylation is 1. The first-order chi connectivity index (χ1) is 16.0. The van der Waals surface area contributed by atoms with Gasteiger partial charge in [0, 0.05) is 17.0 Å². The molecule has 8 heteroatoms. The van der Waals surface area contributed by atoms with Crippen LogP contribution in [-0.2, 0) is 14.8 Å². The van der Waals surface area contributed by atoms with Crippen LogP contribution in [0.5, 0.6) is 5.75 Å². The van der Waals surface area contributed by atoms with Crippen LogP contribution >= 0.6 is 11.6 Å². The Labute approximate surface area is 205 Å². The summed E-state index contributed by atoms with van der Waals surface area (Å²) in [7, 11) is -4.01. The van der Waals surface area contributed by atoms with E-state index in [4.69, 9.17) is 16.3 Å². The van der Waals surface area contributed by atoms with Crippen LogP contribution in [0.15, 0.2) is 77.7 Å². The SMILES string of the molecule is Cc1ccc2c(c1)OC(C)(C)CC2NC(=O)CN(c1cccc(Cl)c1)S(=O)(=O)c1ccccc1. The predicted molar refractivity (Wildman–Crippen MR) is 134 cm³/mol. The zero-order valence-electron chi connectivity index (χ0n) is 19.3. The zero-order chi connectivity index (χ0) is 24.5. The number of hydrogen-bond acceptors (Lipinski definition) is 4. The summed E-state index contributed by atoms with van der Waals surface area (Å²) in [5.74, 6) is 0.305. The van der Waals surface area contributed by atoms with Crippen molar-refractivity contribution in [2.45, 2.75) is 43.7 Å². The van der Waals surface area contributed by atoms with Gasteiger partial charge in [-0.25, -0.2) is 8.42 Å². The van der Waals surface area contributed by atoms with Crippen molar-refractivity contribution in [2.24, 2.45) is 0 Å². The molecule has 3 aromatic carbocycles. The van der Waals surface area contributed by atoms with Gasteiger partial charge in [-0.1, -0.05) is 48.0 Å². The van der Waals surface area contributed by atoms with Crippen LogP contribution in [0.2, 0.25) is 5.02 Å². The van der Waals surface area contributed by atoms with E-state index in [1.165, 1.54) is 18.2 Å². The number of nitrogens with one attached hydrogen (secondary N) is 1. The average Bonchev–Trinajstić information content (AvgIpc) is 2.77. The molecule has 178 valence electrons. The molecule has 1 aliphatic rings. The van der Waals surface area contributed by atoms with Gasteiger partial charge in [0.05, 0.1) is 16.6 Å². The van der Waals surface area contributed by atoms with Crippen LogP contribution in [0.1, 0.15) is 37.4 Å². The third-order valence-corrected chi connectivity index (χ3v) is 7.70. The van der Waals surface area contributed by atoms with Crippen molar-refractivity contribution in [3.05, 3.63) is 88.9 Å². The van der Waals surface area contributed by atoms with E-state index in [0.717, 1.165) is 21.2 Å². The number of carbonyl (C=O) groups excluding carboxylic acids is 1. The first kappa shape index (κ1) is 24.1. The second kappa shape index (κ2) is 9.31. The maximum atomic E-state index is 13.5. The van der Waals surface area contributed by atoms with Crippen LogP contribution in [0.25, 0.3) is 0 Å². The van der Waals surface area contributed by atoms with Gasteiger partial charge in [-0.15, -0.1) is 0 Å². The molecule has 1 unspecified atom stereocenters. The normalized spacial score (nSPS) is 16.8. The van der Waals surface area contributed by atoms with Gasteiger partial charge in [0.1, 0.15) is 17.9 Å². The third-order valence-electron chi connectivity index (χ3n) is 5.68. The van der Waals surface area contributed by atoms with Crippen molar-refractivity contribution in [3.63, 3.8) is 0 Å². The monoisotopic (exact) mass is 498 g/mol. The van der Waals surface area contributed by atoms with E-state index in [-0.39, 0.29) is 10.9 Å². The number of nitrogens with zero attached hydrogens (tertiary/aromatic N) is 1. The Morgan fingerprint density at radius 1 is 1.09 bits per heavy atom. The summed E-state index contributed by atoms with van der Waals surface area (Å²) in [5, 5.41) is 3.41. The molecule has 34 heavy (non-hydrogen) atoms. The maximum absolute atomic E-state index is 13.5. The van der Waals surface area contributed by atoms with Crippen molar-refractivity contribution in [1.82, 2.24) is 5.32 Å². The Hall–Kier alpha value is -3.03. The minimum atomic E-state index is -4.01. The number of hydrogen-bond donors (Lipinski definition) is 1. The average molecular weight is 499 g/mol. The van der Waals surface area contributed by atoms with Gasteiger partial charge in [0.15, 0.2) is 0 Å². The Morgan fingerprint density at radius 2 is 1.82 bits per heavy atom. The molecule has 1 aliphatic heterocycles. The largest absolute Gasteiger partial charge is 0.487 e. The summed E-state index contributed by atoms with van der Waals surface area (Å²) in [6, 6.07) is 20.1. The summed E-state index contributed by atoms with van der Waals surface area (Å²) in [6.07, 6.45) is 0.553. The lowest BCUT2D eigenvalue weighted by Crippen LogP contribution is -2.45. The highest BCUT2D eigenvalue weighted by Gasteiger charge is 2.35. The summed E-state index contributed by atoms with van der Waals surface area (Å²) < 4.78 is 34.2. The van der Waals surface area contributed by atoms with E-state index >= 15 is 0 Å². The van der Waals surface area contributed by atoms with E-state index in [0.29, 0.717) is 17.1 Å². The highest BCUT2D eigenvalue weighted by molar-refractivity contribution is 7.92. The summed E-state index contributed by atoms with van der Waals surface area (Å²) in [6.45, 7) is 5.53. The fourth-order valence-corrected chi connectivity index (χ4v) is 5.74. The number of halogens is 1. The second-order valence-electron chi connectivity index (χ2n) is 9.03. The molecule has 1 heterocycles. The van der Waals surface area contributed by atoms with E-state index in [1.807, 2.05) is 39.0 Å². The van der Waals surface area contributed by atoms with Gasteiger partial charge in [0.25, 0.3) is 10.0 Å². The lowest BCUT2D eigenvalue weighted by Gasteiger charge is -2.38. The molecule has 0 radical (unpaired) electrons. The molecule has 6 nitrogen and oxygen atoms in total. The fourth-order valence-electron chi connectivity index (χ4n) is 4.12. The summed E-state index contributed by atoms with van der Waals surface area (Å²) in [4.78, 5) is 13.3. The molecule has 1 N–H and O–H groups in total. The molecule has 4 rings (SSSR count). The highest BCUT2D eigenvalue weighted by atomic mass is 35.5.